The maximum atomic E-state index is 11.0. The first-order chi connectivity index (χ1) is 6.16. The Morgan fingerprint density at radius 1 is 1.54 bits per heavy atom. The quantitative estimate of drug-likeness (QED) is 0.837. The van der Waals surface area contributed by atoms with Crippen molar-refractivity contribution >= 4 is 21.8 Å². The largest absolute Gasteiger partial charge is 0.368 e. The zero-order valence-electron chi connectivity index (χ0n) is 7.25. The second-order valence-electron chi connectivity index (χ2n) is 2.65. The molecule has 4 heteroatoms. The minimum Gasteiger partial charge on any atom is -0.368 e. The van der Waals surface area contributed by atoms with Crippen LogP contribution in [-0.4, -0.2) is 13.0 Å². The highest BCUT2D eigenvalue weighted by Crippen LogP contribution is 2.22. The molecule has 13 heavy (non-hydrogen) atoms. The van der Waals surface area contributed by atoms with Crippen molar-refractivity contribution in [1.82, 2.24) is 5.32 Å². The molecule has 3 nitrogen and oxygen atoms in total. The number of benzene rings is 1. The number of halogens is 1. The number of amides is 1. The third-order valence-electron chi connectivity index (χ3n) is 1.79. The number of hydrogen-bond acceptors (Lipinski definition) is 2. The summed E-state index contributed by atoms with van der Waals surface area (Å²) in [4.78, 5) is 11.0. The Hall–Kier alpha value is -0.870. The summed E-state index contributed by atoms with van der Waals surface area (Å²) in [5, 5.41) is 2.85. The van der Waals surface area contributed by atoms with Crippen LogP contribution in [-0.2, 0) is 4.79 Å². The van der Waals surface area contributed by atoms with E-state index in [0.717, 1.165) is 10.0 Å². The predicted molar refractivity (Wildman–Crippen MR) is 55.1 cm³/mol. The van der Waals surface area contributed by atoms with Crippen molar-refractivity contribution in [2.45, 2.75) is 6.04 Å². The second kappa shape index (κ2) is 4.39. The molecule has 1 atom stereocenters. The molecule has 1 aromatic rings. The highest BCUT2D eigenvalue weighted by molar-refractivity contribution is 9.10. The standard InChI is InChI=1S/C9H11BrN2O/c1-12-8(9(11)13)6-4-2-3-5-7(6)10/h2-5,8,12H,1H3,(H2,11,13)/t8-/m0/s1. The van der Waals surface area contributed by atoms with Gasteiger partial charge < -0.3 is 11.1 Å². The molecule has 0 unspecified atom stereocenters. The molecule has 0 saturated heterocycles. The molecular weight excluding hydrogens is 232 g/mol. The van der Waals surface area contributed by atoms with Crippen LogP contribution < -0.4 is 11.1 Å². The van der Waals surface area contributed by atoms with Gasteiger partial charge in [-0.25, -0.2) is 0 Å². The number of hydrogen-bond donors (Lipinski definition) is 2. The fraction of sp³-hybridized carbons (Fsp3) is 0.222. The van der Waals surface area contributed by atoms with Gasteiger partial charge in [-0.3, -0.25) is 4.79 Å². The van der Waals surface area contributed by atoms with E-state index >= 15 is 0 Å². The summed E-state index contributed by atoms with van der Waals surface area (Å²) in [7, 11) is 1.70. The molecular formula is C9H11BrN2O. The van der Waals surface area contributed by atoms with Gasteiger partial charge in [-0.2, -0.15) is 0 Å². The normalized spacial score (nSPS) is 12.5. The minimum absolute atomic E-state index is 0.380. The molecule has 0 aliphatic rings. The highest BCUT2D eigenvalue weighted by atomic mass is 79.9. The van der Waals surface area contributed by atoms with E-state index in [1.54, 1.807) is 7.05 Å². The molecule has 0 aromatic heterocycles. The molecule has 3 N–H and O–H groups in total. The van der Waals surface area contributed by atoms with Crippen LogP contribution in [0.15, 0.2) is 28.7 Å². The zero-order valence-corrected chi connectivity index (χ0v) is 8.84. The van der Waals surface area contributed by atoms with E-state index in [0.29, 0.717) is 0 Å². The van der Waals surface area contributed by atoms with Crippen molar-refractivity contribution in [3.05, 3.63) is 34.3 Å². The molecule has 0 radical (unpaired) electrons. The summed E-state index contributed by atoms with van der Waals surface area (Å²) in [6.45, 7) is 0. The predicted octanol–water partition coefficient (Wildman–Crippen LogP) is 1.19. The summed E-state index contributed by atoms with van der Waals surface area (Å²) < 4.78 is 0.883. The van der Waals surface area contributed by atoms with Crippen molar-refractivity contribution in [3.8, 4) is 0 Å². The molecule has 0 saturated carbocycles. The van der Waals surface area contributed by atoms with Gasteiger partial charge in [-0.15, -0.1) is 0 Å². The van der Waals surface area contributed by atoms with E-state index in [1.165, 1.54) is 0 Å². The van der Waals surface area contributed by atoms with E-state index < -0.39 is 6.04 Å². The number of nitrogens with one attached hydrogen (secondary N) is 1. The Morgan fingerprint density at radius 2 is 2.15 bits per heavy atom. The molecule has 0 spiro atoms. The van der Waals surface area contributed by atoms with E-state index in [1.807, 2.05) is 24.3 Å². The van der Waals surface area contributed by atoms with Crippen LogP contribution in [0.3, 0.4) is 0 Å². The molecule has 1 rings (SSSR count). The van der Waals surface area contributed by atoms with E-state index in [4.69, 9.17) is 5.73 Å². The van der Waals surface area contributed by atoms with E-state index in [-0.39, 0.29) is 5.91 Å². The Morgan fingerprint density at radius 3 is 2.62 bits per heavy atom. The van der Waals surface area contributed by atoms with Crippen LogP contribution in [0.25, 0.3) is 0 Å². The minimum atomic E-state index is -0.435. The number of nitrogens with two attached hydrogens (primary N) is 1. The van der Waals surface area contributed by atoms with Gasteiger partial charge in [-0.1, -0.05) is 34.1 Å². The molecule has 0 fully saturated rings. The summed E-state index contributed by atoms with van der Waals surface area (Å²) in [5.41, 5.74) is 6.08. The Bertz CT molecular complexity index is 314. The second-order valence-corrected chi connectivity index (χ2v) is 3.50. The smallest absolute Gasteiger partial charge is 0.239 e. The molecule has 0 bridgehead atoms. The molecule has 1 amide bonds. The van der Waals surface area contributed by atoms with Crippen LogP contribution >= 0.6 is 15.9 Å². The molecule has 1 aromatic carbocycles. The average molecular weight is 243 g/mol. The van der Waals surface area contributed by atoms with Gasteiger partial charge in [0.1, 0.15) is 6.04 Å². The number of carbonyl (C=O) groups is 1. The fourth-order valence-electron chi connectivity index (χ4n) is 1.16. The lowest BCUT2D eigenvalue weighted by molar-refractivity contribution is -0.120. The number of primary amides is 1. The van der Waals surface area contributed by atoms with Gasteiger partial charge in [0, 0.05) is 4.47 Å². The Labute approximate surface area is 85.4 Å². The summed E-state index contributed by atoms with van der Waals surface area (Å²) in [6, 6.07) is 7.06. The van der Waals surface area contributed by atoms with Gasteiger partial charge in [-0.05, 0) is 18.7 Å². The first-order valence-corrected chi connectivity index (χ1v) is 4.67. The van der Waals surface area contributed by atoms with Gasteiger partial charge in [0.15, 0.2) is 0 Å². The third kappa shape index (κ3) is 2.29. The van der Waals surface area contributed by atoms with Gasteiger partial charge in [0.2, 0.25) is 5.91 Å². The third-order valence-corrected chi connectivity index (χ3v) is 2.51. The average Bonchev–Trinajstić information content (AvgIpc) is 2.09. The van der Waals surface area contributed by atoms with Crippen molar-refractivity contribution in [1.29, 1.82) is 0 Å². The maximum absolute atomic E-state index is 11.0. The summed E-state index contributed by atoms with van der Waals surface area (Å²) in [6.07, 6.45) is 0. The van der Waals surface area contributed by atoms with Crippen LogP contribution in [0.2, 0.25) is 0 Å². The van der Waals surface area contributed by atoms with Crippen molar-refractivity contribution < 1.29 is 4.79 Å². The van der Waals surface area contributed by atoms with Crippen LogP contribution in [0.1, 0.15) is 11.6 Å². The van der Waals surface area contributed by atoms with Crippen LogP contribution in [0.5, 0.6) is 0 Å². The zero-order chi connectivity index (χ0) is 9.84. The highest BCUT2D eigenvalue weighted by Gasteiger charge is 2.16. The SMILES string of the molecule is CN[C@H](C(N)=O)c1ccccc1Br. The van der Waals surface area contributed by atoms with Gasteiger partial charge in [0.25, 0.3) is 0 Å². The first-order valence-electron chi connectivity index (χ1n) is 3.88. The summed E-state index contributed by atoms with van der Waals surface area (Å²) >= 11 is 3.36. The Kier molecular flexibility index (Phi) is 3.45. The van der Waals surface area contributed by atoms with Gasteiger partial charge >= 0.3 is 0 Å². The molecule has 0 aliphatic heterocycles. The maximum Gasteiger partial charge on any atom is 0.239 e. The topological polar surface area (TPSA) is 55.1 Å². The van der Waals surface area contributed by atoms with Crippen LogP contribution in [0.4, 0.5) is 0 Å². The molecule has 70 valence electrons. The monoisotopic (exact) mass is 242 g/mol. The van der Waals surface area contributed by atoms with Crippen molar-refractivity contribution in [2.75, 3.05) is 7.05 Å². The lowest BCUT2D eigenvalue weighted by Gasteiger charge is -2.13. The fourth-order valence-corrected chi connectivity index (χ4v) is 1.67. The summed E-state index contributed by atoms with van der Waals surface area (Å²) in [5.74, 6) is -0.380. The van der Waals surface area contributed by atoms with Crippen LogP contribution in [0, 0.1) is 0 Å². The van der Waals surface area contributed by atoms with Crippen molar-refractivity contribution in [2.24, 2.45) is 5.73 Å². The van der Waals surface area contributed by atoms with E-state index in [2.05, 4.69) is 21.2 Å². The molecule has 0 aliphatic carbocycles. The van der Waals surface area contributed by atoms with Crippen molar-refractivity contribution in [3.63, 3.8) is 0 Å². The lowest BCUT2D eigenvalue weighted by atomic mass is 10.1. The lowest BCUT2D eigenvalue weighted by Crippen LogP contribution is -2.31. The number of carbonyl (C=O) groups excluding carboxylic acids is 1. The first kappa shape index (κ1) is 10.2. The number of likely N-dealkylation sites (N-methyl/N-ethyl adjacent to an activating group) is 1. The van der Waals surface area contributed by atoms with Gasteiger partial charge in [0.05, 0.1) is 0 Å². The molecule has 0 heterocycles. The Balaban J connectivity index is 3.04. The van der Waals surface area contributed by atoms with E-state index in [9.17, 15) is 4.79 Å². The number of rotatable bonds is 3.